The fourth-order valence-electron chi connectivity index (χ4n) is 1.66. The van der Waals surface area contributed by atoms with Gasteiger partial charge in [0.15, 0.2) is 0 Å². The van der Waals surface area contributed by atoms with E-state index in [2.05, 4.69) is 10.1 Å². The quantitative estimate of drug-likeness (QED) is 0.770. The molecule has 22 heavy (non-hydrogen) atoms. The van der Waals surface area contributed by atoms with Crippen molar-refractivity contribution in [3.05, 3.63) is 28.8 Å². The first kappa shape index (κ1) is 18.4. The Kier molecular flexibility index (Phi) is 6.34. The molecule has 0 spiro atoms. The van der Waals surface area contributed by atoms with E-state index >= 15 is 0 Å². The van der Waals surface area contributed by atoms with Crippen LogP contribution >= 0.6 is 11.6 Å². The van der Waals surface area contributed by atoms with Crippen LogP contribution in [0.15, 0.2) is 23.1 Å². The highest BCUT2D eigenvalue weighted by Gasteiger charge is 2.26. The van der Waals surface area contributed by atoms with Crippen molar-refractivity contribution >= 4 is 33.5 Å². The third-order valence-corrected chi connectivity index (χ3v) is 5.07. The van der Waals surface area contributed by atoms with Crippen LogP contribution in [0.1, 0.15) is 17.3 Å². The minimum atomic E-state index is -3.94. The van der Waals surface area contributed by atoms with Crippen LogP contribution in [-0.4, -0.2) is 51.8 Å². The molecule has 0 aliphatic heterocycles. The Labute approximate surface area is 134 Å². The number of methoxy groups -OCH3 is 1. The lowest BCUT2D eigenvalue weighted by atomic mass is 10.2. The number of likely N-dealkylation sites (N-methyl/N-ethyl adjacent to an activating group) is 2. The number of nitrogens with one attached hydrogen (secondary N) is 1. The monoisotopic (exact) mass is 348 g/mol. The predicted molar refractivity (Wildman–Crippen MR) is 81.3 cm³/mol. The number of carbonyl (C=O) groups is 2. The average molecular weight is 349 g/mol. The summed E-state index contributed by atoms with van der Waals surface area (Å²) in [7, 11) is -1.46. The van der Waals surface area contributed by atoms with Gasteiger partial charge in [0.1, 0.15) is 4.90 Å². The van der Waals surface area contributed by atoms with Crippen LogP contribution in [0.5, 0.6) is 0 Å². The fraction of sp³-hybridized carbons (Fsp3) is 0.385. The van der Waals surface area contributed by atoms with E-state index < -0.39 is 21.9 Å². The van der Waals surface area contributed by atoms with Gasteiger partial charge in [0, 0.05) is 13.6 Å². The van der Waals surface area contributed by atoms with E-state index in [9.17, 15) is 18.0 Å². The predicted octanol–water partition coefficient (Wildman–Crippen LogP) is 0.883. The van der Waals surface area contributed by atoms with Crippen LogP contribution in [-0.2, 0) is 19.6 Å². The smallest absolute Gasteiger partial charge is 0.337 e. The molecule has 0 saturated heterocycles. The van der Waals surface area contributed by atoms with Crippen LogP contribution in [0.2, 0.25) is 5.02 Å². The summed E-state index contributed by atoms with van der Waals surface area (Å²) in [5.74, 6) is -1.04. The van der Waals surface area contributed by atoms with Gasteiger partial charge in [-0.3, -0.25) is 4.79 Å². The van der Waals surface area contributed by atoms with Gasteiger partial charge >= 0.3 is 5.97 Å². The number of nitrogens with zero attached hydrogens (tertiary/aromatic N) is 1. The van der Waals surface area contributed by atoms with Gasteiger partial charge in [-0.25, -0.2) is 13.2 Å². The van der Waals surface area contributed by atoms with Gasteiger partial charge in [0.2, 0.25) is 15.9 Å². The Balaban J connectivity index is 3.07. The molecular weight excluding hydrogens is 332 g/mol. The lowest BCUT2D eigenvalue weighted by Gasteiger charge is -2.17. The largest absolute Gasteiger partial charge is 0.465 e. The summed E-state index contributed by atoms with van der Waals surface area (Å²) >= 11 is 5.94. The maximum atomic E-state index is 12.4. The number of hydrogen-bond acceptors (Lipinski definition) is 5. The van der Waals surface area contributed by atoms with Crippen molar-refractivity contribution in [3.8, 4) is 0 Å². The van der Waals surface area contributed by atoms with Crippen molar-refractivity contribution in [1.82, 2.24) is 9.62 Å². The topological polar surface area (TPSA) is 92.8 Å². The Morgan fingerprint density at radius 3 is 2.50 bits per heavy atom. The highest BCUT2D eigenvalue weighted by atomic mass is 35.5. The van der Waals surface area contributed by atoms with Crippen LogP contribution in [0.3, 0.4) is 0 Å². The molecule has 1 amide bonds. The first-order chi connectivity index (χ1) is 10.2. The van der Waals surface area contributed by atoms with Gasteiger partial charge in [0.25, 0.3) is 0 Å². The lowest BCUT2D eigenvalue weighted by molar-refractivity contribution is -0.121. The van der Waals surface area contributed by atoms with Crippen molar-refractivity contribution in [2.24, 2.45) is 0 Å². The van der Waals surface area contributed by atoms with Gasteiger partial charge in [0.05, 0.1) is 24.2 Å². The number of hydrogen-bond donors (Lipinski definition) is 1. The summed E-state index contributed by atoms with van der Waals surface area (Å²) in [5.41, 5.74) is 0.137. The minimum absolute atomic E-state index is 0.120. The maximum absolute atomic E-state index is 12.4. The highest BCUT2D eigenvalue weighted by Crippen LogP contribution is 2.25. The summed E-state index contributed by atoms with van der Waals surface area (Å²) in [5, 5.41) is 2.39. The second kappa shape index (κ2) is 7.57. The Hall–Kier alpha value is -1.64. The summed E-state index contributed by atoms with van der Waals surface area (Å²) in [6.07, 6.45) is 0. The molecule has 9 heteroatoms. The molecule has 1 rings (SSSR count). The van der Waals surface area contributed by atoms with Crippen LogP contribution in [0.4, 0.5) is 0 Å². The molecule has 0 bridgehead atoms. The minimum Gasteiger partial charge on any atom is -0.465 e. The van der Waals surface area contributed by atoms with E-state index in [1.165, 1.54) is 32.4 Å². The zero-order valence-electron chi connectivity index (χ0n) is 12.4. The number of esters is 1. The lowest BCUT2D eigenvalue weighted by Crippen LogP contribution is -2.38. The number of halogens is 1. The second-order valence-electron chi connectivity index (χ2n) is 4.35. The van der Waals surface area contributed by atoms with Gasteiger partial charge in [-0.05, 0) is 25.1 Å². The number of sulfonamides is 1. The van der Waals surface area contributed by atoms with Crippen molar-refractivity contribution in [3.63, 3.8) is 0 Å². The summed E-state index contributed by atoms with van der Waals surface area (Å²) < 4.78 is 30.2. The van der Waals surface area contributed by atoms with Gasteiger partial charge < -0.3 is 10.1 Å². The number of amides is 1. The number of carbonyl (C=O) groups excluding carboxylic acids is 2. The molecule has 7 nitrogen and oxygen atoms in total. The molecule has 0 unspecified atom stereocenters. The molecule has 1 aromatic rings. The van der Waals surface area contributed by atoms with Gasteiger partial charge in [-0.2, -0.15) is 4.31 Å². The zero-order valence-corrected chi connectivity index (χ0v) is 14.0. The Bertz CT molecular complexity index is 675. The molecule has 0 fully saturated rings. The van der Waals surface area contributed by atoms with E-state index in [0.29, 0.717) is 6.54 Å². The molecule has 0 heterocycles. The third kappa shape index (κ3) is 4.19. The average Bonchev–Trinajstić information content (AvgIpc) is 2.46. The van der Waals surface area contributed by atoms with Crippen molar-refractivity contribution < 1.29 is 22.7 Å². The van der Waals surface area contributed by atoms with Crippen molar-refractivity contribution in [2.75, 3.05) is 27.2 Å². The van der Waals surface area contributed by atoms with Crippen molar-refractivity contribution in [1.29, 1.82) is 0 Å². The molecule has 0 aliphatic rings. The molecule has 1 N–H and O–H groups in total. The van der Waals surface area contributed by atoms with E-state index in [0.717, 1.165) is 4.31 Å². The second-order valence-corrected chi connectivity index (χ2v) is 6.77. The van der Waals surface area contributed by atoms with E-state index in [4.69, 9.17) is 11.6 Å². The van der Waals surface area contributed by atoms with Crippen LogP contribution in [0, 0.1) is 0 Å². The number of benzene rings is 1. The Morgan fingerprint density at radius 1 is 1.36 bits per heavy atom. The molecule has 1 aromatic carbocycles. The van der Waals surface area contributed by atoms with Gasteiger partial charge in [-0.1, -0.05) is 11.6 Å². The van der Waals surface area contributed by atoms with Crippen LogP contribution in [0.25, 0.3) is 0 Å². The molecule has 0 aliphatic carbocycles. The van der Waals surface area contributed by atoms with Gasteiger partial charge in [-0.15, -0.1) is 0 Å². The van der Waals surface area contributed by atoms with Crippen molar-refractivity contribution in [2.45, 2.75) is 11.8 Å². The van der Waals surface area contributed by atoms with E-state index in [1.807, 2.05) is 0 Å². The molecular formula is C13H17ClN2O5S. The normalized spacial score (nSPS) is 11.3. The first-order valence-electron chi connectivity index (χ1n) is 6.35. The Morgan fingerprint density at radius 2 is 2.00 bits per heavy atom. The van der Waals surface area contributed by atoms with E-state index in [-0.39, 0.29) is 22.0 Å². The first-order valence-corrected chi connectivity index (χ1v) is 8.16. The summed E-state index contributed by atoms with van der Waals surface area (Å²) in [6.45, 7) is 1.81. The summed E-state index contributed by atoms with van der Waals surface area (Å²) in [6, 6.07) is 3.71. The standard InChI is InChI=1S/C13H17ClN2O5S/c1-4-15-12(17)8-16(2)22(19,20)11-6-5-9(7-10(11)14)13(18)21-3/h5-7H,4,8H2,1-3H3,(H,15,17). The SMILES string of the molecule is CCNC(=O)CN(C)S(=O)(=O)c1ccc(C(=O)OC)cc1Cl. The number of ether oxygens (including phenoxy) is 1. The molecule has 0 atom stereocenters. The third-order valence-electron chi connectivity index (χ3n) is 2.78. The molecule has 0 saturated carbocycles. The molecule has 0 radical (unpaired) electrons. The molecule has 0 aromatic heterocycles. The van der Waals surface area contributed by atoms with E-state index in [1.54, 1.807) is 6.92 Å². The zero-order chi connectivity index (χ0) is 16.9. The summed E-state index contributed by atoms with van der Waals surface area (Å²) in [4.78, 5) is 22.7. The fourth-order valence-corrected chi connectivity index (χ4v) is 3.30. The molecule has 122 valence electrons. The number of rotatable bonds is 6. The highest BCUT2D eigenvalue weighted by molar-refractivity contribution is 7.89. The van der Waals surface area contributed by atoms with Crippen LogP contribution < -0.4 is 5.32 Å². The maximum Gasteiger partial charge on any atom is 0.337 e.